The SMILES string of the molecule is CN1CCN(S(=O)(=O)c2ccc(-c3cnc(N)c(C(=O)Nc4ncc[nH]4)n3)cc2)CC1. The van der Waals surface area contributed by atoms with Gasteiger partial charge in [0.2, 0.25) is 16.0 Å². The first-order chi connectivity index (χ1) is 14.8. The largest absolute Gasteiger partial charge is 0.382 e. The molecule has 0 bridgehead atoms. The van der Waals surface area contributed by atoms with Gasteiger partial charge in [-0.2, -0.15) is 4.31 Å². The van der Waals surface area contributed by atoms with E-state index in [4.69, 9.17) is 5.73 Å². The zero-order valence-electron chi connectivity index (χ0n) is 16.8. The third-order valence-electron chi connectivity index (χ3n) is 5.00. The minimum absolute atomic E-state index is 0.0259. The maximum absolute atomic E-state index is 12.9. The maximum Gasteiger partial charge on any atom is 0.280 e. The van der Waals surface area contributed by atoms with E-state index in [0.29, 0.717) is 37.4 Å². The summed E-state index contributed by atoms with van der Waals surface area (Å²) in [6.07, 6.45) is 4.50. The number of anilines is 2. The number of nitrogens with one attached hydrogen (secondary N) is 2. The number of hydrogen-bond donors (Lipinski definition) is 3. The van der Waals surface area contributed by atoms with Crippen molar-refractivity contribution in [2.24, 2.45) is 0 Å². The summed E-state index contributed by atoms with van der Waals surface area (Å²) >= 11 is 0. The number of rotatable bonds is 5. The lowest BCUT2D eigenvalue weighted by molar-refractivity contribution is 0.102. The van der Waals surface area contributed by atoms with Gasteiger partial charge in [-0.1, -0.05) is 12.1 Å². The molecule has 0 aliphatic carbocycles. The standard InChI is InChI=1S/C19H22N8O3S/c1-26-8-10-27(11-9-26)31(29,30)14-4-2-13(3-5-14)15-12-23-17(20)16(24-15)18(28)25-19-21-6-7-22-19/h2-7,12H,8-11H2,1H3,(H2,20,23)(H2,21,22,25,28). The van der Waals surface area contributed by atoms with Crippen molar-refractivity contribution in [3.63, 3.8) is 0 Å². The Morgan fingerprint density at radius 2 is 1.84 bits per heavy atom. The first-order valence-corrected chi connectivity index (χ1v) is 11.0. The quantitative estimate of drug-likeness (QED) is 0.521. The number of likely N-dealkylation sites (N-methyl/N-ethyl adjacent to an activating group) is 1. The summed E-state index contributed by atoms with van der Waals surface area (Å²) < 4.78 is 27.3. The minimum atomic E-state index is -3.57. The average Bonchev–Trinajstić information content (AvgIpc) is 3.27. The average molecular weight is 443 g/mol. The summed E-state index contributed by atoms with van der Waals surface area (Å²) in [6.45, 7) is 2.30. The lowest BCUT2D eigenvalue weighted by Gasteiger charge is -2.31. The van der Waals surface area contributed by atoms with Crippen molar-refractivity contribution < 1.29 is 13.2 Å². The summed E-state index contributed by atoms with van der Waals surface area (Å²) in [5.41, 5.74) is 6.76. The highest BCUT2D eigenvalue weighted by Crippen LogP contribution is 2.23. The predicted octanol–water partition coefficient (Wildman–Crippen LogP) is 0.637. The number of piperazine rings is 1. The highest BCUT2D eigenvalue weighted by Gasteiger charge is 2.27. The van der Waals surface area contributed by atoms with E-state index in [0.717, 1.165) is 0 Å². The number of aromatic nitrogens is 4. The normalized spacial score (nSPS) is 15.6. The van der Waals surface area contributed by atoms with Crippen LogP contribution in [0.3, 0.4) is 0 Å². The Morgan fingerprint density at radius 3 is 2.48 bits per heavy atom. The number of carbonyl (C=O) groups is 1. The van der Waals surface area contributed by atoms with Gasteiger partial charge in [-0.3, -0.25) is 10.1 Å². The number of nitrogens with two attached hydrogens (primary N) is 1. The van der Waals surface area contributed by atoms with E-state index < -0.39 is 15.9 Å². The Balaban J connectivity index is 1.56. The van der Waals surface area contributed by atoms with Crippen LogP contribution in [0.2, 0.25) is 0 Å². The van der Waals surface area contributed by atoms with Gasteiger partial charge in [0.25, 0.3) is 5.91 Å². The number of aromatic amines is 1. The third-order valence-corrected chi connectivity index (χ3v) is 6.91. The van der Waals surface area contributed by atoms with Crippen LogP contribution in [0.25, 0.3) is 11.3 Å². The minimum Gasteiger partial charge on any atom is -0.382 e. The van der Waals surface area contributed by atoms with Crippen molar-refractivity contribution in [2.45, 2.75) is 4.90 Å². The Morgan fingerprint density at radius 1 is 1.13 bits per heavy atom. The summed E-state index contributed by atoms with van der Waals surface area (Å²) in [5.74, 6) is -0.326. The van der Waals surface area contributed by atoms with Crippen LogP contribution in [0.5, 0.6) is 0 Å². The molecule has 12 heteroatoms. The fraction of sp³-hybridized carbons (Fsp3) is 0.263. The van der Waals surface area contributed by atoms with E-state index in [-0.39, 0.29) is 22.4 Å². The van der Waals surface area contributed by atoms with Gasteiger partial charge in [-0.25, -0.2) is 23.4 Å². The zero-order chi connectivity index (χ0) is 22.0. The number of hydrogen-bond acceptors (Lipinski definition) is 8. The number of nitrogens with zero attached hydrogens (tertiary/aromatic N) is 5. The van der Waals surface area contributed by atoms with E-state index in [2.05, 4.69) is 30.2 Å². The number of nitrogen functional groups attached to an aromatic ring is 1. The number of benzene rings is 1. The molecule has 1 aliphatic rings. The summed E-state index contributed by atoms with van der Waals surface area (Å²) in [6, 6.07) is 6.34. The van der Waals surface area contributed by atoms with Gasteiger partial charge in [-0.15, -0.1) is 0 Å². The summed E-state index contributed by atoms with van der Waals surface area (Å²) in [5, 5.41) is 2.55. The van der Waals surface area contributed by atoms with Crippen LogP contribution >= 0.6 is 0 Å². The number of sulfonamides is 1. The number of carbonyl (C=O) groups excluding carboxylic acids is 1. The van der Waals surface area contributed by atoms with Crippen molar-refractivity contribution in [1.29, 1.82) is 0 Å². The van der Waals surface area contributed by atoms with Crippen LogP contribution in [-0.4, -0.2) is 76.7 Å². The monoisotopic (exact) mass is 442 g/mol. The number of imidazole rings is 1. The van der Waals surface area contributed by atoms with E-state index >= 15 is 0 Å². The molecule has 0 radical (unpaired) electrons. The Bertz CT molecular complexity index is 1170. The molecule has 4 rings (SSSR count). The highest BCUT2D eigenvalue weighted by atomic mass is 32.2. The molecule has 2 aromatic heterocycles. The van der Waals surface area contributed by atoms with Crippen LogP contribution < -0.4 is 11.1 Å². The molecule has 3 heterocycles. The molecule has 0 saturated carbocycles. The predicted molar refractivity (Wildman–Crippen MR) is 115 cm³/mol. The van der Waals surface area contributed by atoms with Crippen LogP contribution in [-0.2, 0) is 10.0 Å². The topological polar surface area (TPSA) is 150 Å². The number of amides is 1. The summed E-state index contributed by atoms with van der Waals surface area (Å²) in [4.78, 5) is 29.8. The van der Waals surface area contributed by atoms with Crippen LogP contribution in [0.15, 0.2) is 47.8 Å². The van der Waals surface area contributed by atoms with Crippen molar-refractivity contribution in [1.82, 2.24) is 29.1 Å². The molecule has 11 nitrogen and oxygen atoms in total. The fourth-order valence-electron chi connectivity index (χ4n) is 3.18. The van der Waals surface area contributed by atoms with Crippen molar-refractivity contribution >= 4 is 27.7 Å². The van der Waals surface area contributed by atoms with Gasteiger partial charge in [0.05, 0.1) is 16.8 Å². The highest BCUT2D eigenvalue weighted by molar-refractivity contribution is 7.89. The van der Waals surface area contributed by atoms with E-state index in [9.17, 15) is 13.2 Å². The van der Waals surface area contributed by atoms with Gasteiger partial charge < -0.3 is 15.6 Å². The second-order valence-electron chi connectivity index (χ2n) is 7.11. The molecule has 1 aromatic carbocycles. The van der Waals surface area contributed by atoms with Crippen LogP contribution in [0.1, 0.15) is 10.5 Å². The molecule has 162 valence electrons. The van der Waals surface area contributed by atoms with Crippen molar-refractivity contribution in [3.8, 4) is 11.3 Å². The second-order valence-corrected chi connectivity index (χ2v) is 9.05. The molecule has 0 atom stereocenters. The van der Waals surface area contributed by atoms with Crippen molar-refractivity contribution in [3.05, 3.63) is 48.5 Å². The molecule has 31 heavy (non-hydrogen) atoms. The Labute approximate surface area is 179 Å². The maximum atomic E-state index is 12.9. The van der Waals surface area contributed by atoms with E-state index in [1.807, 2.05) is 7.05 Å². The van der Waals surface area contributed by atoms with E-state index in [1.54, 1.807) is 18.3 Å². The van der Waals surface area contributed by atoms with Crippen LogP contribution in [0.4, 0.5) is 11.8 Å². The van der Waals surface area contributed by atoms with Gasteiger partial charge in [0.1, 0.15) is 0 Å². The fourth-order valence-corrected chi connectivity index (χ4v) is 4.60. The molecule has 1 saturated heterocycles. The molecular weight excluding hydrogens is 420 g/mol. The smallest absolute Gasteiger partial charge is 0.280 e. The van der Waals surface area contributed by atoms with Gasteiger partial charge in [0.15, 0.2) is 11.5 Å². The molecule has 0 unspecified atom stereocenters. The lowest BCUT2D eigenvalue weighted by atomic mass is 10.1. The zero-order valence-corrected chi connectivity index (χ0v) is 17.6. The summed E-state index contributed by atoms with van der Waals surface area (Å²) in [7, 11) is -1.60. The van der Waals surface area contributed by atoms with Gasteiger partial charge in [0, 0.05) is 44.1 Å². The molecule has 1 fully saturated rings. The Kier molecular flexibility index (Phi) is 5.67. The molecule has 4 N–H and O–H groups in total. The molecular formula is C19H22N8O3S. The van der Waals surface area contributed by atoms with Gasteiger partial charge >= 0.3 is 0 Å². The molecule has 1 amide bonds. The molecule has 1 aliphatic heterocycles. The third kappa shape index (κ3) is 4.40. The second kappa shape index (κ2) is 8.41. The molecule has 3 aromatic rings. The first-order valence-electron chi connectivity index (χ1n) is 9.57. The number of H-pyrrole nitrogens is 1. The molecule has 0 spiro atoms. The van der Waals surface area contributed by atoms with Crippen LogP contribution in [0, 0.1) is 0 Å². The van der Waals surface area contributed by atoms with Crippen molar-refractivity contribution in [2.75, 3.05) is 44.3 Å². The van der Waals surface area contributed by atoms with Gasteiger partial charge in [-0.05, 0) is 19.2 Å². The lowest BCUT2D eigenvalue weighted by Crippen LogP contribution is -2.46. The Hall–Kier alpha value is -3.35. The van der Waals surface area contributed by atoms with E-state index in [1.165, 1.54) is 28.8 Å². The first kappa shape index (κ1) is 20.9.